The molecule has 0 atom stereocenters. The molecule has 38 heavy (non-hydrogen) atoms. The van der Waals surface area contributed by atoms with Gasteiger partial charge in [0, 0.05) is 67.1 Å². The maximum absolute atomic E-state index is 15.0. The lowest BCUT2D eigenvalue weighted by atomic mass is 10.0. The van der Waals surface area contributed by atoms with Gasteiger partial charge in [-0.15, -0.1) is 5.10 Å². The SMILES string of the molecule is O=C(NC1CC1)c1ccc(Nc2nc3c(-c4ccc(CN5CCC(F)(F)CC5)c(F)c4)cccn3n2)cc1. The molecule has 3 heterocycles. The van der Waals surface area contributed by atoms with Crippen molar-refractivity contribution in [1.82, 2.24) is 24.8 Å². The summed E-state index contributed by atoms with van der Waals surface area (Å²) in [6, 6.07) is 16.0. The van der Waals surface area contributed by atoms with Crippen LogP contribution in [-0.2, 0) is 6.54 Å². The van der Waals surface area contributed by atoms with Gasteiger partial charge in [0.25, 0.3) is 11.8 Å². The average molecular weight is 521 g/mol. The number of fused-ring (bicyclic) bond motifs is 1. The number of halogens is 3. The molecule has 0 spiro atoms. The second-order valence-corrected chi connectivity index (χ2v) is 10.0. The van der Waals surface area contributed by atoms with Gasteiger partial charge < -0.3 is 10.6 Å². The maximum atomic E-state index is 15.0. The Balaban J connectivity index is 1.18. The lowest BCUT2D eigenvalue weighted by Crippen LogP contribution is -2.38. The zero-order valence-electron chi connectivity index (χ0n) is 20.6. The van der Waals surface area contributed by atoms with Crippen molar-refractivity contribution in [3.05, 3.63) is 77.7 Å². The summed E-state index contributed by atoms with van der Waals surface area (Å²) in [5.41, 5.74) is 3.72. The van der Waals surface area contributed by atoms with E-state index in [0.717, 1.165) is 18.5 Å². The number of pyridine rings is 1. The van der Waals surface area contributed by atoms with Gasteiger partial charge in [-0.25, -0.2) is 17.7 Å². The van der Waals surface area contributed by atoms with Crippen molar-refractivity contribution in [3.8, 4) is 11.1 Å². The molecule has 2 N–H and O–H groups in total. The van der Waals surface area contributed by atoms with Gasteiger partial charge in [0.05, 0.1) is 0 Å². The molecule has 2 fully saturated rings. The number of piperidine rings is 1. The number of hydrogen-bond donors (Lipinski definition) is 2. The topological polar surface area (TPSA) is 74.6 Å². The number of anilines is 2. The predicted octanol–water partition coefficient (Wildman–Crippen LogP) is 5.40. The molecule has 0 bridgehead atoms. The number of rotatable bonds is 7. The first-order chi connectivity index (χ1) is 18.3. The Labute approximate surface area is 217 Å². The van der Waals surface area contributed by atoms with Crippen LogP contribution in [-0.4, -0.2) is 50.5 Å². The molecule has 4 aromatic rings. The summed E-state index contributed by atoms with van der Waals surface area (Å²) in [5, 5.41) is 10.6. The third kappa shape index (κ3) is 5.35. The molecule has 6 rings (SSSR count). The van der Waals surface area contributed by atoms with E-state index in [1.807, 2.05) is 23.1 Å². The van der Waals surface area contributed by atoms with Crippen LogP contribution in [0, 0.1) is 5.82 Å². The lowest BCUT2D eigenvalue weighted by molar-refractivity contribution is -0.0567. The molecular formula is C28H27F3N6O. The summed E-state index contributed by atoms with van der Waals surface area (Å²) in [4.78, 5) is 18.7. The zero-order chi connectivity index (χ0) is 26.3. The van der Waals surface area contributed by atoms with Crippen LogP contribution in [0.1, 0.15) is 41.6 Å². The molecule has 0 radical (unpaired) electrons. The molecular weight excluding hydrogens is 493 g/mol. The van der Waals surface area contributed by atoms with Crippen molar-refractivity contribution >= 4 is 23.2 Å². The molecule has 2 aromatic heterocycles. The van der Waals surface area contributed by atoms with Crippen molar-refractivity contribution < 1.29 is 18.0 Å². The van der Waals surface area contributed by atoms with Crippen LogP contribution in [0.25, 0.3) is 16.8 Å². The largest absolute Gasteiger partial charge is 0.349 e. The van der Waals surface area contributed by atoms with Gasteiger partial charge in [0.15, 0.2) is 5.65 Å². The highest BCUT2D eigenvalue weighted by Gasteiger charge is 2.34. The molecule has 1 aliphatic heterocycles. The van der Waals surface area contributed by atoms with Crippen LogP contribution in [0.15, 0.2) is 60.8 Å². The molecule has 2 aromatic carbocycles. The highest BCUT2D eigenvalue weighted by molar-refractivity contribution is 5.95. The lowest BCUT2D eigenvalue weighted by Gasteiger charge is -2.31. The normalized spacial score (nSPS) is 17.4. The second-order valence-electron chi connectivity index (χ2n) is 10.0. The van der Waals surface area contributed by atoms with E-state index in [-0.39, 0.29) is 37.7 Å². The Bertz CT molecular complexity index is 1470. The van der Waals surface area contributed by atoms with E-state index in [2.05, 4.69) is 20.7 Å². The van der Waals surface area contributed by atoms with Crippen LogP contribution >= 0.6 is 0 Å². The third-order valence-corrected chi connectivity index (χ3v) is 7.02. The number of alkyl halides is 2. The Morgan fingerprint density at radius 3 is 2.53 bits per heavy atom. The van der Waals surface area contributed by atoms with Gasteiger partial charge in [-0.2, -0.15) is 4.98 Å². The van der Waals surface area contributed by atoms with E-state index in [1.54, 1.807) is 41.0 Å². The molecule has 1 amide bonds. The Morgan fingerprint density at radius 2 is 1.82 bits per heavy atom. The fraction of sp³-hybridized carbons (Fsp3) is 0.321. The van der Waals surface area contributed by atoms with Crippen LogP contribution in [0.3, 0.4) is 0 Å². The fourth-order valence-corrected chi connectivity index (χ4v) is 4.64. The van der Waals surface area contributed by atoms with E-state index in [9.17, 15) is 13.6 Å². The standard InChI is InChI=1S/C28H27F3N6O/c29-24-16-19(3-4-20(24)17-36-14-11-28(30,31)12-15-36)23-2-1-13-37-25(23)34-27(35-37)33-22-7-5-18(6-8-22)26(38)32-21-9-10-21/h1-8,13,16,21H,9-12,14-15,17H2,(H,32,38)(H,33,35). The number of nitrogens with zero attached hydrogens (tertiary/aromatic N) is 4. The number of aromatic nitrogens is 3. The summed E-state index contributed by atoms with van der Waals surface area (Å²) in [7, 11) is 0. The number of carbonyl (C=O) groups is 1. The minimum atomic E-state index is -2.63. The average Bonchev–Trinajstić information content (AvgIpc) is 3.62. The van der Waals surface area contributed by atoms with Gasteiger partial charge in [-0.05, 0) is 60.9 Å². The fourth-order valence-electron chi connectivity index (χ4n) is 4.64. The van der Waals surface area contributed by atoms with Crippen LogP contribution in [0.4, 0.5) is 24.8 Å². The van der Waals surface area contributed by atoms with Gasteiger partial charge in [0.1, 0.15) is 5.82 Å². The summed E-state index contributed by atoms with van der Waals surface area (Å²) < 4.78 is 43.5. The first-order valence-electron chi connectivity index (χ1n) is 12.8. The summed E-state index contributed by atoms with van der Waals surface area (Å²) in [6.07, 6.45) is 3.44. The van der Waals surface area contributed by atoms with Crippen molar-refractivity contribution in [2.75, 3.05) is 18.4 Å². The molecule has 1 aliphatic carbocycles. The van der Waals surface area contributed by atoms with Crippen LogP contribution in [0.2, 0.25) is 0 Å². The quantitative estimate of drug-likeness (QED) is 0.341. The summed E-state index contributed by atoms with van der Waals surface area (Å²) in [5.74, 6) is -2.72. The molecule has 1 saturated heterocycles. The predicted molar refractivity (Wildman–Crippen MR) is 138 cm³/mol. The smallest absolute Gasteiger partial charge is 0.251 e. The van der Waals surface area contributed by atoms with Gasteiger partial charge in [-0.3, -0.25) is 9.69 Å². The van der Waals surface area contributed by atoms with Crippen molar-refractivity contribution in [2.24, 2.45) is 0 Å². The summed E-state index contributed by atoms with van der Waals surface area (Å²) >= 11 is 0. The van der Waals surface area contributed by atoms with Gasteiger partial charge >= 0.3 is 0 Å². The number of hydrogen-bond acceptors (Lipinski definition) is 5. The minimum Gasteiger partial charge on any atom is -0.349 e. The first-order valence-corrected chi connectivity index (χ1v) is 12.8. The zero-order valence-corrected chi connectivity index (χ0v) is 20.6. The molecule has 1 saturated carbocycles. The summed E-state index contributed by atoms with van der Waals surface area (Å²) in [6.45, 7) is 0.797. The van der Waals surface area contributed by atoms with Gasteiger partial charge in [-0.1, -0.05) is 12.1 Å². The number of benzene rings is 2. The van der Waals surface area contributed by atoms with Crippen molar-refractivity contribution in [1.29, 1.82) is 0 Å². The Kier molecular flexibility index (Phi) is 6.27. The third-order valence-electron chi connectivity index (χ3n) is 7.02. The van der Waals surface area contributed by atoms with E-state index < -0.39 is 5.92 Å². The maximum Gasteiger partial charge on any atom is 0.251 e. The Morgan fingerprint density at radius 1 is 1.05 bits per heavy atom. The number of carbonyl (C=O) groups excluding carboxylic acids is 1. The molecule has 2 aliphatic rings. The first kappa shape index (κ1) is 24.4. The van der Waals surface area contributed by atoms with Crippen LogP contribution in [0.5, 0.6) is 0 Å². The molecule has 0 unspecified atom stereocenters. The monoisotopic (exact) mass is 520 g/mol. The molecule has 196 valence electrons. The highest BCUT2D eigenvalue weighted by Crippen LogP contribution is 2.30. The minimum absolute atomic E-state index is 0.0784. The molecule has 10 heteroatoms. The number of nitrogens with one attached hydrogen (secondary N) is 2. The van der Waals surface area contributed by atoms with E-state index in [4.69, 9.17) is 0 Å². The van der Waals surface area contributed by atoms with E-state index in [0.29, 0.717) is 46.4 Å². The van der Waals surface area contributed by atoms with Crippen LogP contribution < -0.4 is 10.6 Å². The van der Waals surface area contributed by atoms with Crippen molar-refractivity contribution in [2.45, 2.75) is 44.2 Å². The Hall–Kier alpha value is -3.92. The highest BCUT2D eigenvalue weighted by atomic mass is 19.3. The number of likely N-dealkylation sites (tertiary alicyclic amines) is 1. The van der Waals surface area contributed by atoms with E-state index >= 15 is 4.39 Å². The molecule has 7 nitrogen and oxygen atoms in total. The second kappa shape index (κ2) is 9.75. The number of amides is 1. The van der Waals surface area contributed by atoms with Gasteiger partial charge in [0.2, 0.25) is 5.95 Å². The van der Waals surface area contributed by atoms with Crippen molar-refractivity contribution in [3.63, 3.8) is 0 Å². The van der Waals surface area contributed by atoms with E-state index in [1.165, 1.54) is 6.07 Å².